The maximum atomic E-state index is 11.3. The Labute approximate surface area is 228 Å². The molecule has 0 aliphatic carbocycles. The smallest absolute Gasteiger partial charge is 0.131 e. The summed E-state index contributed by atoms with van der Waals surface area (Å²) in [5.41, 5.74) is 3.82. The molecular formula is C30H32Cl2N2O3. The van der Waals surface area contributed by atoms with Crippen LogP contribution in [0.4, 0.5) is 0 Å². The first kappa shape index (κ1) is 26.2. The quantitative estimate of drug-likeness (QED) is 0.398. The molecule has 0 spiro atoms. The van der Waals surface area contributed by atoms with Crippen LogP contribution in [0.1, 0.15) is 61.1 Å². The molecule has 0 bridgehead atoms. The second-order valence-electron chi connectivity index (χ2n) is 10.5. The van der Waals surface area contributed by atoms with Crippen molar-refractivity contribution in [2.75, 3.05) is 19.6 Å². The number of piperidine rings is 1. The number of hydrogen-bond acceptors (Lipinski definition) is 5. The molecule has 37 heavy (non-hydrogen) atoms. The summed E-state index contributed by atoms with van der Waals surface area (Å²) in [7, 11) is 0. The average Bonchev–Trinajstić information content (AvgIpc) is 3.03. The lowest BCUT2D eigenvalue weighted by molar-refractivity contribution is -0.0254. The van der Waals surface area contributed by atoms with Crippen molar-refractivity contribution in [2.24, 2.45) is 0 Å². The predicted molar refractivity (Wildman–Crippen MR) is 148 cm³/mol. The first-order chi connectivity index (χ1) is 17.6. The van der Waals surface area contributed by atoms with Crippen molar-refractivity contribution in [3.63, 3.8) is 0 Å². The lowest BCUT2D eigenvalue weighted by Gasteiger charge is -2.38. The van der Waals surface area contributed by atoms with Crippen molar-refractivity contribution in [1.82, 2.24) is 9.88 Å². The standard InChI is InChI=1S/C30H32Cl2N2O3/c1-29(2,35)20-8-10-28-24(17-20)22(23-5-3-13-33-27(23)19-37-28)6-4-14-34-15-11-30(36,12-16-34)21-7-9-25(31)26(32)18-21/h3,5-10,13,17-18,35-36H,4,11-12,14-16,19H2,1-2H3/b22-6+. The first-order valence-electron chi connectivity index (χ1n) is 12.7. The molecule has 0 amide bonds. The highest BCUT2D eigenvalue weighted by molar-refractivity contribution is 6.42. The minimum atomic E-state index is -0.955. The summed E-state index contributed by atoms with van der Waals surface area (Å²) in [5.74, 6) is 0.793. The predicted octanol–water partition coefficient (Wildman–Crippen LogP) is 6.31. The third kappa shape index (κ3) is 5.57. The minimum Gasteiger partial charge on any atom is -0.487 e. The number of benzene rings is 2. The van der Waals surface area contributed by atoms with Crippen LogP contribution in [0, 0.1) is 0 Å². The van der Waals surface area contributed by atoms with Gasteiger partial charge in [0.05, 0.1) is 26.9 Å². The number of nitrogens with zero attached hydrogens (tertiary/aromatic N) is 2. The molecule has 7 heteroatoms. The number of hydrogen-bond donors (Lipinski definition) is 2. The van der Waals surface area contributed by atoms with Crippen molar-refractivity contribution >= 4 is 28.8 Å². The van der Waals surface area contributed by atoms with Crippen LogP contribution in [0.15, 0.2) is 60.8 Å². The van der Waals surface area contributed by atoms with Gasteiger partial charge in [0, 0.05) is 37.0 Å². The topological polar surface area (TPSA) is 65.8 Å². The number of pyridine rings is 1. The van der Waals surface area contributed by atoms with Crippen LogP contribution in [-0.2, 0) is 17.8 Å². The molecule has 1 saturated heterocycles. The van der Waals surface area contributed by atoms with Crippen LogP contribution < -0.4 is 4.74 Å². The van der Waals surface area contributed by atoms with Gasteiger partial charge in [-0.2, -0.15) is 0 Å². The van der Waals surface area contributed by atoms with Crippen LogP contribution in [0.5, 0.6) is 5.75 Å². The van der Waals surface area contributed by atoms with E-state index in [1.165, 1.54) is 0 Å². The zero-order valence-electron chi connectivity index (χ0n) is 21.2. The largest absolute Gasteiger partial charge is 0.487 e. The second kappa shape index (κ2) is 10.4. The highest BCUT2D eigenvalue weighted by Crippen LogP contribution is 2.39. The Morgan fingerprint density at radius 2 is 1.84 bits per heavy atom. The maximum Gasteiger partial charge on any atom is 0.131 e. The van der Waals surface area contributed by atoms with Gasteiger partial charge in [-0.05, 0) is 80.1 Å². The zero-order chi connectivity index (χ0) is 26.2. The summed E-state index contributed by atoms with van der Waals surface area (Å²) in [6, 6.07) is 15.3. The number of rotatable bonds is 5. The molecule has 0 unspecified atom stereocenters. The minimum absolute atomic E-state index is 0.405. The SMILES string of the molecule is CC(C)(O)c1ccc2c(c1)/C(=C/CCN1CCC(O)(c3ccc(Cl)c(Cl)c3)CC1)c1cccnc1CO2. The summed E-state index contributed by atoms with van der Waals surface area (Å²) in [6.45, 7) is 6.45. The van der Waals surface area contributed by atoms with E-state index in [0.717, 1.165) is 65.3 Å². The van der Waals surface area contributed by atoms with Crippen LogP contribution in [0.2, 0.25) is 10.0 Å². The molecule has 3 aromatic rings. The van der Waals surface area contributed by atoms with Gasteiger partial charge in [-0.25, -0.2) is 0 Å². The molecule has 2 aromatic carbocycles. The second-order valence-corrected chi connectivity index (χ2v) is 11.3. The van der Waals surface area contributed by atoms with Gasteiger partial charge in [0.15, 0.2) is 0 Å². The normalized spacial score (nSPS) is 18.6. The van der Waals surface area contributed by atoms with E-state index < -0.39 is 11.2 Å². The Morgan fingerprint density at radius 3 is 2.57 bits per heavy atom. The number of aliphatic hydroxyl groups is 2. The summed E-state index contributed by atoms with van der Waals surface area (Å²) >= 11 is 12.3. The number of halogens is 2. The van der Waals surface area contributed by atoms with Crippen LogP contribution in [0.25, 0.3) is 5.57 Å². The van der Waals surface area contributed by atoms with Gasteiger partial charge >= 0.3 is 0 Å². The van der Waals surface area contributed by atoms with E-state index in [9.17, 15) is 10.2 Å². The van der Waals surface area contributed by atoms with Gasteiger partial charge in [-0.15, -0.1) is 0 Å². The number of likely N-dealkylation sites (tertiary alicyclic amines) is 1. The van der Waals surface area contributed by atoms with Crippen LogP contribution in [-0.4, -0.2) is 39.7 Å². The van der Waals surface area contributed by atoms with Crippen molar-refractivity contribution in [2.45, 2.75) is 50.9 Å². The molecule has 1 aromatic heterocycles. The molecule has 0 atom stereocenters. The lowest BCUT2D eigenvalue weighted by Crippen LogP contribution is -2.42. The highest BCUT2D eigenvalue weighted by atomic mass is 35.5. The fourth-order valence-electron chi connectivity index (χ4n) is 5.17. The van der Waals surface area contributed by atoms with Gasteiger partial charge in [0.1, 0.15) is 12.4 Å². The van der Waals surface area contributed by atoms with E-state index in [1.807, 2.05) is 30.3 Å². The Morgan fingerprint density at radius 1 is 1.05 bits per heavy atom. The fourth-order valence-corrected chi connectivity index (χ4v) is 5.47. The lowest BCUT2D eigenvalue weighted by atomic mass is 9.84. The molecule has 2 N–H and O–H groups in total. The van der Waals surface area contributed by atoms with E-state index in [1.54, 1.807) is 32.2 Å². The van der Waals surface area contributed by atoms with E-state index >= 15 is 0 Å². The number of aromatic nitrogens is 1. The third-order valence-electron chi connectivity index (χ3n) is 7.45. The van der Waals surface area contributed by atoms with Crippen molar-refractivity contribution in [1.29, 1.82) is 0 Å². The van der Waals surface area contributed by atoms with Gasteiger partial charge in [0.2, 0.25) is 0 Å². The van der Waals surface area contributed by atoms with Crippen molar-refractivity contribution in [3.05, 3.63) is 98.8 Å². The van der Waals surface area contributed by atoms with Crippen LogP contribution >= 0.6 is 23.2 Å². The molecule has 2 aliphatic heterocycles. The molecule has 5 nitrogen and oxygen atoms in total. The summed E-state index contributed by atoms with van der Waals surface area (Å²) in [5, 5.41) is 22.9. The van der Waals surface area contributed by atoms with E-state index in [0.29, 0.717) is 29.5 Å². The Balaban J connectivity index is 1.34. The van der Waals surface area contributed by atoms with E-state index in [2.05, 4.69) is 22.0 Å². The molecule has 0 saturated carbocycles. The molecule has 194 valence electrons. The highest BCUT2D eigenvalue weighted by Gasteiger charge is 2.34. The third-order valence-corrected chi connectivity index (χ3v) is 8.19. The summed E-state index contributed by atoms with van der Waals surface area (Å²) < 4.78 is 6.11. The average molecular weight is 540 g/mol. The van der Waals surface area contributed by atoms with Gasteiger partial charge in [0.25, 0.3) is 0 Å². The van der Waals surface area contributed by atoms with Gasteiger partial charge in [-0.3, -0.25) is 4.98 Å². The Kier molecular flexibility index (Phi) is 7.36. The molecular weight excluding hydrogens is 507 g/mol. The zero-order valence-corrected chi connectivity index (χ0v) is 22.7. The Hall–Kier alpha value is -2.41. The van der Waals surface area contributed by atoms with Gasteiger partial charge in [-0.1, -0.05) is 47.5 Å². The molecule has 2 aliphatic rings. The fraction of sp³-hybridized carbons (Fsp3) is 0.367. The van der Waals surface area contributed by atoms with Crippen LogP contribution in [0.3, 0.4) is 0 Å². The molecule has 5 rings (SSSR count). The maximum absolute atomic E-state index is 11.3. The molecule has 1 fully saturated rings. The number of ether oxygens (including phenoxy) is 1. The first-order valence-corrected chi connectivity index (χ1v) is 13.4. The molecule has 3 heterocycles. The van der Waals surface area contributed by atoms with E-state index in [4.69, 9.17) is 27.9 Å². The summed E-state index contributed by atoms with van der Waals surface area (Å²) in [4.78, 5) is 6.95. The monoisotopic (exact) mass is 538 g/mol. The Bertz CT molecular complexity index is 1320. The number of fused-ring (bicyclic) bond motifs is 2. The summed E-state index contributed by atoms with van der Waals surface area (Å²) in [6.07, 6.45) is 6.16. The van der Waals surface area contributed by atoms with E-state index in [-0.39, 0.29) is 0 Å². The molecule has 0 radical (unpaired) electrons. The van der Waals surface area contributed by atoms with Crippen molar-refractivity contribution < 1.29 is 14.9 Å². The van der Waals surface area contributed by atoms with Gasteiger partial charge < -0.3 is 19.8 Å². The van der Waals surface area contributed by atoms with Crippen molar-refractivity contribution in [3.8, 4) is 5.75 Å².